The molecular formula is C17H15F3N4O2. The van der Waals surface area contributed by atoms with Gasteiger partial charge in [0.1, 0.15) is 0 Å². The van der Waals surface area contributed by atoms with Crippen LogP contribution < -0.4 is 5.56 Å². The van der Waals surface area contributed by atoms with Crippen molar-refractivity contribution >= 4 is 0 Å². The molecule has 0 saturated heterocycles. The van der Waals surface area contributed by atoms with Crippen LogP contribution in [0, 0.1) is 13.8 Å². The van der Waals surface area contributed by atoms with E-state index in [1.807, 2.05) is 19.9 Å². The zero-order valence-corrected chi connectivity index (χ0v) is 14.0. The molecule has 0 atom stereocenters. The number of hydrogen-bond acceptors (Lipinski definition) is 5. The van der Waals surface area contributed by atoms with E-state index >= 15 is 0 Å². The summed E-state index contributed by atoms with van der Waals surface area (Å²) < 4.78 is 42.3. The van der Waals surface area contributed by atoms with Crippen molar-refractivity contribution in [3.05, 3.63) is 63.2 Å². The second-order valence-electron chi connectivity index (χ2n) is 5.88. The molecule has 0 bridgehead atoms. The molecule has 3 aromatic heterocycles. The lowest BCUT2D eigenvalue weighted by molar-refractivity contribution is -0.159. The van der Waals surface area contributed by atoms with Crippen molar-refractivity contribution in [2.45, 2.75) is 32.9 Å². The highest BCUT2D eigenvalue weighted by molar-refractivity contribution is 5.58. The maximum atomic E-state index is 12.7. The molecule has 0 spiro atoms. The zero-order valence-electron chi connectivity index (χ0n) is 14.0. The molecule has 3 rings (SSSR count). The number of halogens is 3. The molecule has 3 heterocycles. The van der Waals surface area contributed by atoms with Gasteiger partial charge in [-0.1, -0.05) is 11.2 Å². The summed E-state index contributed by atoms with van der Waals surface area (Å²) in [6.07, 6.45) is -0.850. The van der Waals surface area contributed by atoms with Crippen molar-refractivity contribution in [3.8, 4) is 11.4 Å². The summed E-state index contributed by atoms with van der Waals surface area (Å²) in [6, 6.07) is 3.43. The molecule has 6 nitrogen and oxygen atoms in total. The Balaban J connectivity index is 1.94. The molecule has 9 heteroatoms. The van der Waals surface area contributed by atoms with Gasteiger partial charge in [0.15, 0.2) is 0 Å². The molecule has 0 aliphatic heterocycles. The van der Waals surface area contributed by atoms with Crippen LogP contribution in [0.4, 0.5) is 13.2 Å². The fourth-order valence-electron chi connectivity index (χ4n) is 2.63. The number of hydrogen-bond donors (Lipinski definition) is 1. The van der Waals surface area contributed by atoms with E-state index in [9.17, 15) is 18.0 Å². The average Bonchev–Trinajstić information content (AvgIpc) is 3.06. The van der Waals surface area contributed by atoms with Gasteiger partial charge in [-0.3, -0.25) is 9.78 Å². The van der Waals surface area contributed by atoms with Gasteiger partial charge < -0.3 is 9.51 Å². The predicted octanol–water partition coefficient (Wildman–Crippen LogP) is 3.24. The Bertz CT molecular complexity index is 992. The van der Waals surface area contributed by atoms with Gasteiger partial charge in [0.2, 0.25) is 5.82 Å². The Morgan fingerprint density at radius 2 is 2.00 bits per heavy atom. The van der Waals surface area contributed by atoms with Crippen molar-refractivity contribution < 1.29 is 17.7 Å². The number of nitrogens with one attached hydrogen (secondary N) is 1. The molecule has 136 valence electrons. The third-order valence-corrected chi connectivity index (χ3v) is 3.95. The van der Waals surface area contributed by atoms with Crippen molar-refractivity contribution in [1.82, 2.24) is 20.1 Å². The fourth-order valence-corrected chi connectivity index (χ4v) is 2.63. The fraction of sp³-hybridized carbons (Fsp3) is 0.294. The highest BCUT2D eigenvalue weighted by atomic mass is 19.4. The first-order valence-electron chi connectivity index (χ1n) is 7.79. The molecule has 0 fully saturated rings. The first-order valence-corrected chi connectivity index (χ1v) is 7.79. The van der Waals surface area contributed by atoms with E-state index in [-0.39, 0.29) is 11.4 Å². The van der Waals surface area contributed by atoms with Crippen molar-refractivity contribution in [3.63, 3.8) is 0 Å². The monoisotopic (exact) mass is 364 g/mol. The van der Waals surface area contributed by atoms with Crippen LogP contribution in [0.2, 0.25) is 0 Å². The molecular weight excluding hydrogens is 349 g/mol. The van der Waals surface area contributed by atoms with E-state index in [0.717, 1.165) is 16.8 Å². The quantitative estimate of drug-likeness (QED) is 0.768. The number of aryl methyl sites for hydroxylation is 3. The minimum Gasteiger partial charge on any atom is -0.329 e. The van der Waals surface area contributed by atoms with Crippen molar-refractivity contribution in [1.29, 1.82) is 0 Å². The van der Waals surface area contributed by atoms with Crippen LogP contribution in [0.1, 0.15) is 28.3 Å². The largest absolute Gasteiger partial charge is 0.471 e. The van der Waals surface area contributed by atoms with Crippen molar-refractivity contribution in [2.24, 2.45) is 0 Å². The molecule has 0 unspecified atom stereocenters. The van der Waals surface area contributed by atoms with Crippen LogP contribution >= 0.6 is 0 Å². The molecule has 1 N–H and O–H groups in total. The topological polar surface area (TPSA) is 84.7 Å². The lowest BCUT2D eigenvalue weighted by Gasteiger charge is -2.08. The first kappa shape index (κ1) is 17.8. The normalized spacial score (nSPS) is 11.7. The van der Waals surface area contributed by atoms with Gasteiger partial charge in [-0.2, -0.15) is 18.2 Å². The maximum absolute atomic E-state index is 12.7. The minimum atomic E-state index is -4.74. The van der Waals surface area contributed by atoms with E-state index in [1.54, 1.807) is 6.20 Å². The first-order chi connectivity index (χ1) is 12.3. The van der Waals surface area contributed by atoms with Crippen LogP contribution in [-0.2, 0) is 19.0 Å². The summed E-state index contributed by atoms with van der Waals surface area (Å²) in [7, 11) is 0. The third kappa shape index (κ3) is 3.66. The predicted molar refractivity (Wildman–Crippen MR) is 86.5 cm³/mol. The van der Waals surface area contributed by atoms with Gasteiger partial charge in [-0.15, -0.1) is 0 Å². The number of rotatable bonds is 4. The van der Waals surface area contributed by atoms with Crippen LogP contribution in [0.15, 0.2) is 33.8 Å². The van der Waals surface area contributed by atoms with E-state index < -0.39 is 17.6 Å². The number of aromatic amines is 1. The minimum absolute atomic E-state index is 0.214. The second kappa shape index (κ2) is 6.74. The van der Waals surface area contributed by atoms with Crippen LogP contribution in [0.5, 0.6) is 0 Å². The van der Waals surface area contributed by atoms with Gasteiger partial charge in [-0.25, -0.2) is 0 Å². The Morgan fingerprint density at radius 1 is 1.23 bits per heavy atom. The zero-order chi connectivity index (χ0) is 18.9. The van der Waals surface area contributed by atoms with Gasteiger partial charge in [0, 0.05) is 29.2 Å². The van der Waals surface area contributed by atoms with E-state index in [0.29, 0.717) is 18.4 Å². The van der Waals surface area contributed by atoms with Crippen LogP contribution in [0.3, 0.4) is 0 Å². The highest BCUT2D eigenvalue weighted by Gasteiger charge is 2.38. The second-order valence-corrected chi connectivity index (χ2v) is 5.88. The summed E-state index contributed by atoms with van der Waals surface area (Å²) in [6.45, 7) is 3.77. The Kier molecular flexibility index (Phi) is 4.62. The molecule has 0 aliphatic rings. The van der Waals surface area contributed by atoms with Gasteiger partial charge in [-0.05, 0) is 43.9 Å². The smallest absolute Gasteiger partial charge is 0.329 e. The maximum Gasteiger partial charge on any atom is 0.471 e. The van der Waals surface area contributed by atoms with E-state index in [4.69, 9.17) is 0 Å². The number of pyridine rings is 2. The third-order valence-electron chi connectivity index (χ3n) is 3.95. The van der Waals surface area contributed by atoms with Crippen molar-refractivity contribution in [2.75, 3.05) is 0 Å². The van der Waals surface area contributed by atoms with Crippen LogP contribution in [-0.4, -0.2) is 20.1 Å². The van der Waals surface area contributed by atoms with Gasteiger partial charge in [0.25, 0.3) is 5.56 Å². The Morgan fingerprint density at radius 3 is 2.69 bits per heavy atom. The summed E-state index contributed by atoms with van der Waals surface area (Å²) in [5.74, 6) is -1.71. The molecule has 0 saturated carbocycles. The molecule has 0 aromatic carbocycles. The standard InChI is InChI=1S/C17H15F3N4O2/c1-9-7-11(10(2)22-8-9)3-4-13-12(5-6-21-15(13)25)14-23-16(26-24-14)17(18,19)20/h5-8H,3-4H2,1-2H3,(H,21,25). The molecule has 3 aromatic rings. The molecule has 0 radical (unpaired) electrons. The highest BCUT2D eigenvalue weighted by Crippen LogP contribution is 2.30. The lowest BCUT2D eigenvalue weighted by atomic mass is 10.00. The summed E-state index contributed by atoms with van der Waals surface area (Å²) in [4.78, 5) is 22.4. The molecule has 26 heavy (non-hydrogen) atoms. The summed E-state index contributed by atoms with van der Waals surface area (Å²) >= 11 is 0. The number of alkyl halides is 3. The Labute approximate surface area is 146 Å². The Hall–Kier alpha value is -2.97. The lowest BCUT2D eigenvalue weighted by Crippen LogP contribution is -2.15. The average molecular weight is 364 g/mol. The molecule has 0 aliphatic carbocycles. The summed E-state index contributed by atoms with van der Waals surface area (Å²) in [5.41, 5.74) is 2.89. The van der Waals surface area contributed by atoms with E-state index in [1.165, 1.54) is 12.3 Å². The summed E-state index contributed by atoms with van der Waals surface area (Å²) in [5, 5.41) is 3.37. The number of H-pyrrole nitrogens is 1. The number of aromatic nitrogens is 4. The SMILES string of the molecule is Cc1cnc(C)c(CCc2c(-c3noc(C(F)(F)F)n3)cc[nH]c2=O)c1. The van der Waals surface area contributed by atoms with Crippen LogP contribution in [0.25, 0.3) is 11.4 Å². The van der Waals surface area contributed by atoms with Gasteiger partial charge in [0.05, 0.1) is 0 Å². The van der Waals surface area contributed by atoms with Gasteiger partial charge >= 0.3 is 12.1 Å². The molecule has 0 amide bonds. The van der Waals surface area contributed by atoms with E-state index in [2.05, 4.69) is 24.6 Å². The number of nitrogens with zero attached hydrogens (tertiary/aromatic N) is 3.